The first-order valence-corrected chi connectivity index (χ1v) is 12.6. The van der Waals surface area contributed by atoms with Crippen molar-refractivity contribution in [1.29, 1.82) is 10.5 Å². The molecule has 1 heterocycles. The van der Waals surface area contributed by atoms with Crippen LogP contribution in [0, 0.1) is 35.0 Å². The van der Waals surface area contributed by atoms with Crippen LogP contribution in [-0.2, 0) is 14.8 Å². The third kappa shape index (κ3) is 3.92. The maximum Gasteiger partial charge on any atom is 0.308 e. The van der Waals surface area contributed by atoms with Crippen molar-refractivity contribution in [3.63, 3.8) is 0 Å². The van der Waals surface area contributed by atoms with E-state index in [4.69, 9.17) is 4.74 Å². The van der Waals surface area contributed by atoms with Gasteiger partial charge in [0.2, 0.25) is 0 Å². The zero-order valence-electron chi connectivity index (χ0n) is 19.8. The molecule has 0 spiro atoms. The number of allylic oxidation sites excluding steroid dienone is 1. The Morgan fingerprint density at radius 3 is 2.19 bits per heavy atom. The number of rotatable bonds is 5. The Bertz CT molecular complexity index is 1500. The number of para-hydroxylation sites is 1. The van der Waals surface area contributed by atoms with E-state index in [-0.39, 0.29) is 10.6 Å². The molecule has 0 aliphatic carbocycles. The van der Waals surface area contributed by atoms with Crippen molar-refractivity contribution >= 4 is 21.7 Å². The maximum absolute atomic E-state index is 14.2. The van der Waals surface area contributed by atoms with E-state index in [0.29, 0.717) is 16.8 Å². The van der Waals surface area contributed by atoms with E-state index in [1.165, 1.54) is 41.6 Å². The molecular formula is C28H23N3O4S. The van der Waals surface area contributed by atoms with Gasteiger partial charge in [-0.1, -0.05) is 54.1 Å². The SMILES string of the molecule is C=CC1c2ccccc2N(S(=O)(=O)c2ccc(C)cc2)C(c2ccc(OC(C)=O)cc2)C1(C#N)C#N. The van der Waals surface area contributed by atoms with Crippen molar-refractivity contribution < 1.29 is 17.9 Å². The fourth-order valence-electron chi connectivity index (χ4n) is 4.66. The number of sulfonamides is 1. The lowest BCUT2D eigenvalue weighted by molar-refractivity contribution is -0.131. The molecule has 0 saturated heterocycles. The summed E-state index contributed by atoms with van der Waals surface area (Å²) >= 11 is 0. The minimum absolute atomic E-state index is 0.0336. The Balaban J connectivity index is 2.05. The number of carbonyl (C=O) groups is 1. The van der Waals surface area contributed by atoms with Crippen molar-refractivity contribution in [2.75, 3.05) is 4.31 Å². The van der Waals surface area contributed by atoms with Gasteiger partial charge in [-0.25, -0.2) is 8.42 Å². The van der Waals surface area contributed by atoms with Crippen LogP contribution in [0.3, 0.4) is 0 Å². The molecule has 3 aromatic carbocycles. The fourth-order valence-corrected chi connectivity index (χ4v) is 6.36. The number of anilines is 1. The van der Waals surface area contributed by atoms with Gasteiger partial charge in [-0.15, -0.1) is 6.58 Å². The molecule has 2 unspecified atom stereocenters. The molecule has 36 heavy (non-hydrogen) atoms. The number of esters is 1. The molecule has 0 N–H and O–H groups in total. The van der Waals surface area contributed by atoms with Crippen LogP contribution >= 0.6 is 0 Å². The number of benzene rings is 3. The lowest BCUT2D eigenvalue weighted by atomic mass is 9.64. The lowest BCUT2D eigenvalue weighted by Gasteiger charge is -2.47. The van der Waals surface area contributed by atoms with Crippen molar-refractivity contribution in [2.45, 2.75) is 30.7 Å². The Hall–Kier alpha value is -4.40. The van der Waals surface area contributed by atoms with Gasteiger partial charge in [-0.3, -0.25) is 9.10 Å². The van der Waals surface area contributed by atoms with E-state index >= 15 is 0 Å². The van der Waals surface area contributed by atoms with Crippen molar-refractivity contribution in [3.05, 3.63) is 102 Å². The van der Waals surface area contributed by atoms with Crippen LogP contribution < -0.4 is 9.04 Å². The molecule has 0 fully saturated rings. The standard InChI is InChI=1S/C28H23N3O4S/c1-4-25-24-7-5-6-8-26(24)31(36(33,34)23-15-9-19(2)10-16-23)27(28(25,17-29)18-30)21-11-13-22(14-12-21)35-20(3)32/h4-16,25,27H,1H2,2-3H3. The van der Waals surface area contributed by atoms with Crippen LogP contribution in [0.15, 0.2) is 90.3 Å². The molecule has 0 aromatic heterocycles. The normalized spacial score (nSPS) is 18.3. The summed E-state index contributed by atoms with van der Waals surface area (Å²) in [7, 11) is -4.23. The molecule has 4 rings (SSSR count). The van der Waals surface area contributed by atoms with E-state index in [2.05, 4.69) is 18.7 Å². The summed E-state index contributed by atoms with van der Waals surface area (Å²) in [5, 5.41) is 20.9. The highest BCUT2D eigenvalue weighted by Crippen LogP contribution is 2.57. The van der Waals surface area contributed by atoms with Crippen LogP contribution in [0.1, 0.15) is 35.6 Å². The number of ether oxygens (including phenoxy) is 1. The van der Waals surface area contributed by atoms with Crippen molar-refractivity contribution in [3.8, 4) is 17.9 Å². The highest BCUT2D eigenvalue weighted by atomic mass is 32.2. The topological polar surface area (TPSA) is 111 Å². The smallest absolute Gasteiger partial charge is 0.308 e. The highest BCUT2D eigenvalue weighted by molar-refractivity contribution is 7.92. The average molecular weight is 498 g/mol. The average Bonchev–Trinajstić information content (AvgIpc) is 2.87. The zero-order valence-corrected chi connectivity index (χ0v) is 20.6. The summed E-state index contributed by atoms with van der Waals surface area (Å²) in [6.07, 6.45) is 1.52. The van der Waals surface area contributed by atoms with E-state index in [0.717, 1.165) is 5.56 Å². The summed E-state index contributed by atoms with van der Waals surface area (Å²) in [4.78, 5) is 11.4. The summed E-state index contributed by atoms with van der Waals surface area (Å²) in [5.41, 5.74) is 0.320. The first-order valence-electron chi connectivity index (χ1n) is 11.1. The Labute approximate surface area is 210 Å². The quantitative estimate of drug-likeness (QED) is 0.273. The number of hydrogen-bond donors (Lipinski definition) is 0. The molecule has 0 saturated carbocycles. The minimum Gasteiger partial charge on any atom is -0.427 e. The van der Waals surface area contributed by atoms with Crippen LogP contribution in [0.4, 0.5) is 5.69 Å². The van der Waals surface area contributed by atoms with Crippen LogP contribution in [-0.4, -0.2) is 14.4 Å². The molecule has 180 valence electrons. The van der Waals surface area contributed by atoms with Crippen molar-refractivity contribution in [1.82, 2.24) is 0 Å². The van der Waals surface area contributed by atoms with Gasteiger partial charge in [0, 0.05) is 12.8 Å². The van der Waals surface area contributed by atoms with Gasteiger partial charge in [0.05, 0.1) is 22.7 Å². The van der Waals surface area contributed by atoms with Gasteiger partial charge in [0.25, 0.3) is 10.0 Å². The summed E-state index contributed by atoms with van der Waals surface area (Å²) in [6, 6.07) is 22.4. The third-order valence-corrected chi connectivity index (χ3v) is 8.10. The molecule has 7 nitrogen and oxygen atoms in total. The van der Waals surface area contributed by atoms with E-state index in [1.807, 2.05) is 6.92 Å². The molecule has 0 radical (unpaired) electrons. The van der Waals surface area contributed by atoms with Crippen LogP contribution in [0.2, 0.25) is 0 Å². The van der Waals surface area contributed by atoms with Crippen molar-refractivity contribution in [2.24, 2.45) is 5.41 Å². The number of nitrogens with zero attached hydrogens (tertiary/aromatic N) is 3. The van der Waals surface area contributed by atoms with Gasteiger partial charge >= 0.3 is 5.97 Å². The second kappa shape index (κ2) is 9.33. The number of hydrogen-bond acceptors (Lipinski definition) is 6. The molecule has 0 bridgehead atoms. The Kier molecular flexibility index (Phi) is 6.41. The molecule has 2 atom stereocenters. The molecular weight excluding hydrogens is 474 g/mol. The molecule has 0 amide bonds. The van der Waals surface area contributed by atoms with Crippen LogP contribution in [0.25, 0.3) is 0 Å². The number of aryl methyl sites for hydroxylation is 1. The van der Waals surface area contributed by atoms with Gasteiger partial charge in [-0.05, 0) is 48.4 Å². The summed E-state index contributed by atoms with van der Waals surface area (Å²) < 4.78 is 34.7. The molecule has 3 aromatic rings. The zero-order chi connectivity index (χ0) is 26.1. The summed E-state index contributed by atoms with van der Waals surface area (Å²) in [5.74, 6) is -1.02. The molecule has 8 heteroatoms. The highest BCUT2D eigenvalue weighted by Gasteiger charge is 2.57. The van der Waals surface area contributed by atoms with E-state index in [1.54, 1.807) is 48.5 Å². The second-order valence-corrected chi connectivity index (χ2v) is 10.4. The number of nitriles is 2. The van der Waals surface area contributed by atoms with E-state index < -0.39 is 33.4 Å². The molecule has 1 aliphatic rings. The first-order chi connectivity index (χ1) is 17.2. The predicted octanol–water partition coefficient (Wildman–Crippen LogP) is 5.17. The Morgan fingerprint density at radius 2 is 1.64 bits per heavy atom. The van der Waals surface area contributed by atoms with E-state index in [9.17, 15) is 23.7 Å². The third-order valence-electron chi connectivity index (χ3n) is 6.31. The largest absolute Gasteiger partial charge is 0.427 e. The number of carbonyl (C=O) groups excluding carboxylic acids is 1. The lowest BCUT2D eigenvalue weighted by Crippen LogP contribution is -2.49. The maximum atomic E-state index is 14.2. The predicted molar refractivity (Wildman–Crippen MR) is 134 cm³/mol. The summed E-state index contributed by atoms with van der Waals surface area (Å²) in [6.45, 7) is 7.00. The Morgan fingerprint density at radius 1 is 1.03 bits per heavy atom. The minimum atomic E-state index is -4.23. The number of fused-ring (bicyclic) bond motifs is 1. The van der Waals surface area contributed by atoms with Gasteiger partial charge < -0.3 is 4.74 Å². The van der Waals surface area contributed by atoms with Gasteiger partial charge in [-0.2, -0.15) is 10.5 Å². The first kappa shape index (κ1) is 24.7. The molecule has 1 aliphatic heterocycles. The monoisotopic (exact) mass is 497 g/mol. The van der Waals surface area contributed by atoms with Gasteiger partial charge in [0.15, 0.2) is 5.41 Å². The fraction of sp³-hybridized carbons (Fsp3) is 0.179. The van der Waals surface area contributed by atoms with Gasteiger partial charge in [0.1, 0.15) is 11.8 Å². The second-order valence-electron chi connectivity index (χ2n) is 8.54. The van der Waals surface area contributed by atoms with Crippen LogP contribution in [0.5, 0.6) is 5.75 Å².